The van der Waals surface area contributed by atoms with E-state index in [0.29, 0.717) is 12.1 Å². The molecule has 1 aromatic carbocycles. The highest BCUT2D eigenvalue weighted by Gasteiger charge is 2.16. The molecule has 0 bridgehead atoms. The Hall–Kier alpha value is -1.10. The third kappa shape index (κ3) is 3.98. The summed E-state index contributed by atoms with van der Waals surface area (Å²) in [5.74, 6) is 0. The molecule has 100 valence electrons. The van der Waals surface area contributed by atoms with Crippen molar-refractivity contribution >= 4 is 5.69 Å². The molecule has 3 N–H and O–H groups in total. The summed E-state index contributed by atoms with van der Waals surface area (Å²) in [7, 11) is 0. The molecule has 0 aromatic heterocycles. The van der Waals surface area contributed by atoms with Gasteiger partial charge in [0.25, 0.3) is 0 Å². The van der Waals surface area contributed by atoms with Crippen molar-refractivity contribution in [2.75, 3.05) is 25.1 Å². The van der Waals surface area contributed by atoms with Crippen molar-refractivity contribution in [3.8, 4) is 0 Å². The summed E-state index contributed by atoms with van der Waals surface area (Å²) in [6.07, 6.45) is 1.03. The molecule has 1 heterocycles. The van der Waals surface area contributed by atoms with Gasteiger partial charge in [0.1, 0.15) is 0 Å². The minimum absolute atomic E-state index is 0.0852. The molecule has 2 rings (SSSR count). The smallest absolute Gasteiger partial charge is 0.0682 e. The van der Waals surface area contributed by atoms with Gasteiger partial charge in [-0.15, -0.1) is 0 Å². The van der Waals surface area contributed by atoms with E-state index in [1.165, 1.54) is 0 Å². The highest BCUT2D eigenvalue weighted by atomic mass is 16.5. The molecule has 1 saturated heterocycles. The second kappa shape index (κ2) is 6.73. The molecule has 1 aliphatic heterocycles. The molecule has 4 heteroatoms. The SMILES string of the molecule is CC(CC1COCCN1)Nc1cccc(CO)c1. The van der Waals surface area contributed by atoms with Crippen molar-refractivity contribution in [2.45, 2.75) is 32.0 Å². The number of ether oxygens (including phenoxy) is 1. The second-order valence-electron chi connectivity index (χ2n) is 4.87. The zero-order valence-electron chi connectivity index (χ0n) is 10.9. The molecule has 4 nitrogen and oxygen atoms in total. The van der Waals surface area contributed by atoms with Crippen molar-refractivity contribution in [2.24, 2.45) is 0 Å². The number of benzene rings is 1. The van der Waals surface area contributed by atoms with Crippen LogP contribution < -0.4 is 10.6 Å². The van der Waals surface area contributed by atoms with Gasteiger partial charge in [0.2, 0.25) is 0 Å². The van der Waals surface area contributed by atoms with E-state index in [1.54, 1.807) is 0 Å². The third-order valence-corrected chi connectivity index (χ3v) is 3.16. The topological polar surface area (TPSA) is 53.5 Å². The van der Waals surface area contributed by atoms with Crippen LogP contribution in [0.2, 0.25) is 0 Å². The van der Waals surface area contributed by atoms with Gasteiger partial charge >= 0.3 is 0 Å². The Labute approximate surface area is 108 Å². The quantitative estimate of drug-likeness (QED) is 0.738. The van der Waals surface area contributed by atoms with Crippen molar-refractivity contribution < 1.29 is 9.84 Å². The highest BCUT2D eigenvalue weighted by Crippen LogP contribution is 2.14. The van der Waals surface area contributed by atoms with Gasteiger partial charge in [-0.2, -0.15) is 0 Å². The lowest BCUT2D eigenvalue weighted by molar-refractivity contribution is 0.0731. The number of hydrogen-bond donors (Lipinski definition) is 3. The van der Waals surface area contributed by atoms with Crippen molar-refractivity contribution in [3.05, 3.63) is 29.8 Å². The summed E-state index contributed by atoms with van der Waals surface area (Å²) in [4.78, 5) is 0. The van der Waals surface area contributed by atoms with Gasteiger partial charge in [-0.25, -0.2) is 0 Å². The van der Waals surface area contributed by atoms with Crippen LogP contribution in [-0.4, -0.2) is 36.9 Å². The molecule has 0 saturated carbocycles. The molecule has 0 spiro atoms. The Bertz CT molecular complexity index is 365. The monoisotopic (exact) mass is 250 g/mol. The van der Waals surface area contributed by atoms with Crippen molar-refractivity contribution in [3.63, 3.8) is 0 Å². The van der Waals surface area contributed by atoms with Crippen molar-refractivity contribution in [1.82, 2.24) is 5.32 Å². The summed E-state index contributed by atoms with van der Waals surface area (Å²) < 4.78 is 5.45. The minimum Gasteiger partial charge on any atom is -0.392 e. The molecule has 1 aromatic rings. The normalized spacial score (nSPS) is 21.6. The Balaban J connectivity index is 1.83. The summed E-state index contributed by atoms with van der Waals surface area (Å²) in [6, 6.07) is 8.71. The lowest BCUT2D eigenvalue weighted by Crippen LogP contribution is -2.43. The standard InChI is InChI=1S/C14H22N2O2/c1-11(7-14-10-18-6-5-15-14)16-13-4-2-3-12(8-13)9-17/h2-4,8,11,14-17H,5-7,9-10H2,1H3. The molecule has 2 atom stereocenters. The number of anilines is 1. The molecule has 1 aliphatic rings. The zero-order valence-corrected chi connectivity index (χ0v) is 10.9. The summed E-state index contributed by atoms with van der Waals surface area (Å²) >= 11 is 0. The summed E-state index contributed by atoms with van der Waals surface area (Å²) in [5.41, 5.74) is 2.00. The van der Waals surface area contributed by atoms with Gasteiger partial charge in [0, 0.05) is 24.3 Å². The van der Waals surface area contributed by atoms with Crippen LogP contribution in [0, 0.1) is 0 Å². The molecule has 0 amide bonds. The van der Waals surface area contributed by atoms with Gasteiger partial charge in [-0.05, 0) is 31.0 Å². The number of aliphatic hydroxyl groups is 1. The first kappa shape index (κ1) is 13.3. The average Bonchev–Trinajstić information content (AvgIpc) is 2.40. The van der Waals surface area contributed by atoms with Crippen LogP contribution in [0.3, 0.4) is 0 Å². The maximum absolute atomic E-state index is 9.10. The third-order valence-electron chi connectivity index (χ3n) is 3.16. The predicted octanol–water partition coefficient (Wildman–Crippen LogP) is 1.36. The zero-order chi connectivity index (χ0) is 12.8. The fourth-order valence-electron chi connectivity index (χ4n) is 2.30. The first-order valence-electron chi connectivity index (χ1n) is 6.55. The van der Waals surface area contributed by atoms with Gasteiger partial charge in [-0.3, -0.25) is 0 Å². The van der Waals surface area contributed by atoms with E-state index < -0.39 is 0 Å². The first-order chi connectivity index (χ1) is 8.78. The summed E-state index contributed by atoms with van der Waals surface area (Å²) in [6.45, 7) is 4.81. The van der Waals surface area contributed by atoms with Crippen LogP contribution in [0.15, 0.2) is 24.3 Å². The Kier molecular flexibility index (Phi) is 4.99. The van der Waals surface area contributed by atoms with Gasteiger partial charge in [0.05, 0.1) is 19.8 Å². The van der Waals surface area contributed by atoms with E-state index >= 15 is 0 Å². The average molecular weight is 250 g/mol. The largest absolute Gasteiger partial charge is 0.392 e. The van der Waals surface area contributed by atoms with E-state index in [9.17, 15) is 0 Å². The van der Waals surface area contributed by atoms with E-state index in [1.807, 2.05) is 24.3 Å². The van der Waals surface area contributed by atoms with E-state index in [0.717, 1.165) is 37.4 Å². The number of rotatable bonds is 5. The summed E-state index contributed by atoms with van der Waals surface area (Å²) in [5, 5.41) is 16.0. The van der Waals surface area contributed by atoms with Crippen LogP contribution in [0.25, 0.3) is 0 Å². The van der Waals surface area contributed by atoms with Gasteiger partial charge < -0.3 is 20.5 Å². The van der Waals surface area contributed by atoms with Crippen molar-refractivity contribution in [1.29, 1.82) is 0 Å². The number of aliphatic hydroxyl groups excluding tert-OH is 1. The van der Waals surface area contributed by atoms with E-state index in [4.69, 9.17) is 9.84 Å². The Morgan fingerprint density at radius 2 is 2.44 bits per heavy atom. The lowest BCUT2D eigenvalue weighted by atomic mass is 10.1. The number of nitrogens with one attached hydrogen (secondary N) is 2. The fraction of sp³-hybridized carbons (Fsp3) is 0.571. The van der Waals surface area contributed by atoms with Crippen LogP contribution in [0.5, 0.6) is 0 Å². The van der Waals surface area contributed by atoms with E-state index in [2.05, 4.69) is 17.6 Å². The lowest BCUT2D eigenvalue weighted by Gasteiger charge is -2.27. The van der Waals surface area contributed by atoms with Crippen LogP contribution >= 0.6 is 0 Å². The molecule has 1 fully saturated rings. The van der Waals surface area contributed by atoms with Gasteiger partial charge in [0.15, 0.2) is 0 Å². The molecule has 2 unspecified atom stereocenters. The Morgan fingerprint density at radius 1 is 1.56 bits per heavy atom. The number of hydrogen-bond acceptors (Lipinski definition) is 4. The highest BCUT2D eigenvalue weighted by molar-refractivity contribution is 5.46. The fourth-order valence-corrected chi connectivity index (χ4v) is 2.30. The van der Waals surface area contributed by atoms with Crippen LogP contribution in [0.4, 0.5) is 5.69 Å². The second-order valence-corrected chi connectivity index (χ2v) is 4.87. The van der Waals surface area contributed by atoms with E-state index in [-0.39, 0.29) is 6.61 Å². The van der Waals surface area contributed by atoms with Crippen LogP contribution in [0.1, 0.15) is 18.9 Å². The maximum atomic E-state index is 9.10. The molecular formula is C14H22N2O2. The predicted molar refractivity (Wildman–Crippen MR) is 72.7 cm³/mol. The molecule has 18 heavy (non-hydrogen) atoms. The Morgan fingerprint density at radius 3 is 3.17 bits per heavy atom. The minimum atomic E-state index is 0.0852. The van der Waals surface area contributed by atoms with Crippen LogP contribution in [-0.2, 0) is 11.3 Å². The maximum Gasteiger partial charge on any atom is 0.0682 e. The van der Waals surface area contributed by atoms with Gasteiger partial charge in [-0.1, -0.05) is 12.1 Å². The molecule has 0 radical (unpaired) electrons. The first-order valence-corrected chi connectivity index (χ1v) is 6.55. The molecule has 0 aliphatic carbocycles. The number of morpholine rings is 1. The molecular weight excluding hydrogens is 228 g/mol.